The Morgan fingerprint density at radius 3 is 1.82 bits per heavy atom. The third-order valence-corrected chi connectivity index (χ3v) is 10.7. The van der Waals surface area contributed by atoms with Crippen molar-refractivity contribution in [2.24, 2.45) is 0 Å². The van der Waals surface area contributed by atoms with E-state index in [1.54, 1.807) is 0 Å². The van der Waals surface area contributed by atoms with Crippen LogP contribution < -0.4 is 4.90 Å². The molecule has 55 heavy (non-hydrogen) atoms. The highest BCUT2D eigenvalue weighted by Gasteiger charge is 2.20. The minimum atomic E-state index is 0.595. The zero-order chi connectivity index (χ0) is 36.3. The first kappa shape index (κ1) is 31.1. The molecule has 0 bridgehead atoms. The summed E-state index contributed by atoms with van der Waals surface area (Å²) in [5, 5.41) is 7.02. The summed E-state index contributed by atoms with van der Waals surface area (Å²) in [7, 11) is 0. The standard InChI is InChI=1S/C51H32N2O2/c1-3-13-33(14-4-1)40-19-11-12-22-47(40)53(37-25-23-34(24-26-37)43-29-36-17-7-8-18-39(36)41-20-9-10-21-42(41)43)38-27-28-48-44(30-38)45-31-46-50(32-49(45)54-48)55-51(52-46)35-15-5-2-6-16-35/h1-32H. The van der Waals surface area contributed by atoms with Crippen molar-refractivity contribution in [2.75, 3.05) is 4.90 Å². The van der Waals surface area contributed by atoms with Crippen molar-refractivity contribution in [3.8, 4) is 33.7 Å². The van der Waals surface area contributed by atoms with Gasteiger partial charge in [-0.3, -0.25) is 0 Å². The van der Waals surface area contributed by atoms with Crippen LogP contribution in [0.3, 0.4) is 0 Å². The maximum Gasteiger partial charge on any atom is 0.227 e. The fraction of sp³-hybridized carbons (Fsp3) is 0. The van der Waals surface area contributed by atoms with Crippen molar-refractivity contribution in [2.45, 2.75) is 0 Å². The zero-order valence-corrected chi connectivity index (χ0v) is 29.7. The fourth-order valence-electron chi connectivity index (χ4n) is 8.07. The van der Waals surface area contributed by atoms with E-state index in [9.17, 15) is 0 Å². The molecule has 0 unspecified atom stereocenters. The molecule has 0 fully saturated rings. The molecule has 258 valence electrons. The molecular weight excluding hydrogens is 673 g/mol. The van der Waals surface area contributed by atoms with Gasteiger partial charge in [0.25, 0.3) is 0 Å². The molecule has 0 aliphatic heterocycles. The molecule has 9 aromatic carbocycles. The Kier molecular flexibility index (Phi) is 7.14. The molecule has 0 spiro atoms. The Balaban J connectivity index is 1.08. The summed E-state index contributed by atoms with van der Waals surface area (Å²) in [6.07, 6.45) is 0. The molecule has 0 aliphatic rings. The van der Waals surface area contributed by atoms with Crippen LogP contribution in [0.25, 0.3) is 88.3 Å². The predicted octanol–water partition coefficient (Wildman–Crippen LogP) is 14.5. The smallest absolute Gasteiger partial charge is 0.227 e. The van der Waals surface area contributed by atoms with E-state index in [4.69, 9.17) is 13.8 Å². The van der Waals surface area contributed by atoms with Gasteiger partial charge in [-0.15, -0.1) is 0 Å². The van der Waals surface area contributed by atoms with Gasteiger partial charge in [0.05, 0.1) is 5.69 Å². The first-order chi connectivity index (χ1) is 27.2. The number of hydrogen-bond donors (Lipinski definition) is 0. The Morgan fingerprint density at radius 1 is 0.364 bits per heavy atom. The van der Waals surface area contributed by atoms with E-state index in [-0.39, 0.29) is 0 Å². The minimum Gasteiger partial charge on any atom is -0.456 e. The largest absolute Gasteiger partial charge is 0.456 e. The molecule has 0 saturated heterocycles. The van der Waals surface area contributed by atoms with Crippen molar-refractivity contribution >= 4 is 71.6 Å². The SMILES string of the molecule is c1ccc(-c2nc3cc4c(cc3o2)oc2ccc(N(c3ccc(-c5cc6ccccc6c6ccccc56)cc3)c3ccccc3-c3ccccc3)cc24)cc1. The van der Waals surface area contributed by atoms with Crippen molar-refractivity contribution in [1.29, 1.82) is 0 Å². The first-order valence-electron chi connectivity index (χ1n) is 18.5. The van der Waals surface area contributed by atoms with Crippen molar-refractivity contribution in [3.63, 3.8) is 0 Å². The molecule has 0 atom stereocenters. The number of fused-ring (bicyclic) bond motifs is 7. The van der Waals surface area contributed by atoms with Gasteiger partial charge >= 0.3 is 0 Å². The average Bonchev–Trinajstić information content (AvgIpc) is 3.84. The highest BCUT2D eigenvalue weighted by molar-refractivity contribution is 6.14. The summed E-state index contributed by atoms with van der Waals surface area (Å²) in [5.74, 6) is 0.595. The van der Waals surface area contributed by atoms with Crippen molar-refractivity contribution in [3.05, 3.63) is 194 Å². The topological polar surface area (TPSA) is 42.4 Å². The van der Waals surface area contributed by atoms with Crippen LogP contribution in [0.2, 0.25) is 0 Å². The van der Waals surface area contributed by atoms with E-state index in [2.05, 4.69) is 163 Å². The summed E-state index contributed by atoms with van der Waals surface area (Å²) in [6, 6.07) is 68.4. The fourth-order valence-corrected chi connectivity index (χ4v) is 8.07. The Hall–Kier alpha value is -7.43. The maximum atomic E-state index is 6.44. The van der Waals surface area contributed by atoms with Gasteiger partial charge in [0.1, 0.15) is 16.7 Å². The maximum absolute atomic E-state index is 6.44. The molecule has 4 nitrogen and oxygen atoms in total. The lowest BCUT2D eigenvalue weighted by atomic mass is 9.93. The van der Waals surface area contributed by atoms with Gasteiger partial charge in [0.15, 0.2) is 5.58 Å². The second-order valence-corrected chi connectivity index (χ2v) is 13.9. The molecule has 4 heteroatoms. The summed E-state index contributed by atoms with van der Waals surface area (Å²) in [5.41, 5.74) is 11.8. The summed E-state index contributed by atoms with van der Waals surface area (Å²) in [4.78, 5) is 7.22. The average molecular weight is 705 g/mol. The molecule has 0 radical (unpaired) electrons. The van der Waals surface area contributed by atoms with Crippen LogP contribution in [0, 0.1) is 0 Å². The number of hydrogen-bond acceptors (Lipinski definition) is 4. The molecule has 0 N–H and O–H groups in total. The molecule has 11 rings (SSSR count). The van der Waals surface area contributed by atoms with E-state index >= 15 is 0 Å². The van der Waals surface area contributed by atoms with Crippen LogP contribution in [-0.2, 0) is 0 Å². The van der Waals surface area contributed by atoms with Crippen molar-refractivity contribution in [1.82, 2.24) is 4.98 Å². The van der Waals surface area contributed by atoms with Gasteiger partial charge in [-0.1, -0.05) is 127 Å². The van der Waals surface area contributed by atoms with E-state index in [1.165, 1.54) is 32.7 Å². The Bertz CT molecular complexity index is 3200. The van der Waals surface area contributed by atoms with Gasteiger partial charge in [0, 0.05) is 39.3 Å². The van der Waals surface area contributed by atoms with E-state index < -0.39 is 0 Å². The third-order valence-electron chi connectivity index (χ3n) is 10.7. The highest BCUT2D eigenvalue weighted by atomic mass is 16.4. The van der Waals surface area contributed by atoms with E-state index in [0.717, 1.165) is 61.2 Å². The number of anilines is 3. The molecule has 11 aromatic rings. The lowest BCUT2D eigenvalue weighted by Crippen LogP contribution is -2.11. The lowest BCUT2D eigenvalue weighted by Gasteiger charge is -2.28. The van der Waals surface area contributed by atoms with Gasteiger partial charge in [-0.05, 0) is 98.9 Å². The van der Waals surface area contributed by atoms with E-state index in [1.807, 2.05) is 36.4 Å². The quantitative estimate of drug-likeness (QED) is 0.162. The van der Waals surface area contributed by atoms with E-state index in [0.29, 0.717) is 11.5 Å². The molecule has 0 aliphatic carbocycles. The lowest BCUT2D eigenvalue weighted by molar-refractivity contribution is 0.617. The van der Waals surface area contributed by atoms with Crippen LogP contribution in [0.4, 0.5) is 17.1 Å². The summed E-state index contributed by atoms with van der Waals surface area (Å²) < 4.78 is 12.6. The molecule has 0 saturated carbocycles. The number of nitrogens with zero attached hydrogens (tertiary/aromatic N) is 2. The highest BCUT2D eigenvalue weighted by Crippen LogP contribution is 2.44. The minimum absolute atomic E-state index is 0.595. The number of rotatable bonds is 6. The number of oxazole rings is 1. The number of aromatic nitrogens is 1. The molecular formula is C51H32N2O2. The van der Waals surface area contributed by atoms with Gasteiger partial charge in [-0.2, -0.15) is 0 Å². The molecule has 0 amide bonds. The molecule has 2 heterocycles. The third kappa shape index (κ3) is 5.26. The van der Waals surface area contributed by atoms with Crippen LogP contribution in [0.1, 0.15) is 0 Å². The van der Waals surface area contributed by atoms with Crippen molar-refractivity contribution < 1.29 is 8.83 Å². The Labute approximate surface area is 317 Å². The van der Waals surface area contributed by atoms with Gasteiger partial charge < -0.3 is 13.7 Å². The monoisotopic (exact) mass is 704 g/mol. The number of furan rings is 1. The number of benzene rings is 9. The van der Waals surface area contributed by atoms with Crippen LogP contribution >= 0.6 is 0 Å². The van der Waals surface area contributed by atoms with Gasteiger partial charge in [0.2, 0.25) is 5.89 Å². The second-order valence-electron chi connectivity index (χ2n) is 13.9. The Morgan fingerprint density at radius 2 is 1.00 bits per heavy atom. The summed E-state index contributed by atoms with van der Waals surface area (Å²) >= 11 is 0. The van der Waals surface area contributed by atoms with Crippen LogP contribution in [0.5, 0.6) is 0 Å². The second kappa shape index (κ2) is 12.6. The molecule has 2 aromatic heterocycles. The normalized spacial score (nSPS) is 11.6. The van der Waals surface area contributed by atoms with Crippen LogP contribution in [-0.4, -0.2) is 4.98 Å². The summed E-state index contributed by atoms with van der Waals surface area (Å²) in [6.45, 7) is 0. The first-order valence-corrected chi connectivity index (χ1v) is 18.5. The predicted molar refractivity (Wildman–Crippen MR) is 227 cm³/mol. The number of para-hydroxylation sites is 1. The van der Waals surface area contributed by atoms with Crippen LogP contribution in [0.15, 0.2) is 203 Å². The van der Waals surface area contributed by atoms with Gasteiger partial charge in [-0.25, -0.2) is 4.98 Å². The zero-order valence-electron chi connectivity index (χ0n) is 29.7.